The lowest BCUT2D eigenvalue weighted by Gasteiger charge is -2.18. The number of hydrogen-bond acceptors (Lipinski definition) is 3. The fraction of sp³-hybridized carbons (Fsp3) is 0.150. The summed E-state index contributed by atoms with van der Waals surface area (Å²) in [5.74, 6) is 0.503. The number of benzene rings is 2. The van der Waals surface area contributed by atoms with E-state index in [9.17, 15) is 4.79 Å². The number of amides is 1. The highest BCUT2D eigenvalue weighted by Gasteiger charge is 2.18. The van der Waals surface area contributed by atoms with E-state index in [1.54, 1.807) is 11.3 Å². The molecule has 0 spiro atoms. The summed E-state index contributed by atoms with van der Waals surface area (Å²) in [4.78, 5) is 13.5. The van der Waals surface area contributed by atoms with E-state index in [1.165, 1.54) is 0 Å². The molecule has 0 unspecified atom stereocenters. The van der Waals surface area contributed by atoms with Crippen LogP contribution in [-0.2, 0) is 4.79 Å². The third-order valence-electron chi connectivity index (χ3n) is 3.71. The Morgan fingerprint density at radius 3 is 2.64 bits per heavy atom. The Morgan fingerprint density at radius 2 is 1.96 bits per heavy atom. The van der Waals surface area contributed by atoms with E-state index in [4.69, 9.17) is 4.74 Å². The largest absolute Gasteiger partial charge is 0.483 e. The third-order valence-corrected chi connectivity index (χ3v) is 5.27. The van der Waals surface area contributed by atoms with Crippen molar-refractivity contribution in [3.8, 4) is 5.75 Å². The molecule has 128 valence electrons. The summed E-state index contributed by atoms with van der Waals surface area (Å²) in [5, 5.41) is 5.08. The van der Waals surface area contributed by atoms with Crippen molar-refractivity contribution in [3.05, 3.63) is 86.5 Å². The molecule has 1 aromatic heterocycles. The maximum Gasteiger partial charge on any atom is 0.258 e. The van der Waals surface area contributed by atoms with Crippen LogP contribution in [0.3, 0.4) is 0 Å². The van der Waals surface area contributed by atoms with Crippen LogP contribution < -0.4 is 10.1 Å². The second-order valence-electron chi connectivity index (χ2n) is 5.65. The van der Waals surface area contributed by atoms with Gasteiger partial charge in [0.2, 0.25) is 0 Å². The molecule has 1 atom stereocenters. The van der Waals surface area contributed by atoms with Crippen LogP contribution in [0.1, 0.15) is 22.0 Å². The van der Waals surface area contributed by atoms with E-state index in [2.05, 4.69) is 21.2 Å². The van der Waals surface area contributed by atoms with Crippen molar-refractivity contribution in [2.24, 2.45) is 0 Å². The zero-order chi connectivity index (χ0) is 17.6. The van der Waals surface area contributed by atoms with Gasteiger partial charge in [0, 0.05) is 4.88 Å². The second kappa shape index (κ2) is 8.32. The van der Waals surface area contributed by atoms with Crippen molar-refractivity contribution in [2.45, 2.75) is 13.0 Å². The minimum Gasteiger partial charge on any atom is -0.483 e. The van der Waals surface area contributed by atoms with E-state index in [0.717, 1.165) is 20.5 Å². The molecule has 0 saturated heterocycles. The highest BCUT2D eigenvalue weighted by molar-refractivity contribution is 9.10. The van der Waals surface area contributed by atoms with Crippen molar-refractivity contribution in [2.75, 3.05) is 6.61 Å². The van der Waals surface area contributed by atoms with Gasteiger partial charge in [0.05, 0.1) is 10.5 Å². The van der Waals surface area contributed by atoms with E-state index in [-0.39, 0.29) is 18.6 Å². The van der Waals surface area contributed by atoms with E-state index in [1.807, 2.05) is 73.0 Å². The highest BCUT2D eigenvalue weighted by Crippen LogP contribution is 2.27. The Labute approximate surface area is 159 Å². The van der Waals surface area contributed by atoms with Gasteiger partial charge in [-0.05, 0) is 57.6 Å². The zero-order valence-corrected chi connectivity index (χ0v) is 16.1. The van der Waals surface area contributed by atoms with Crippen LogP contribution in [-0.4, -0.2) is 12.5 Å². The SMILES string of the molecule is Cc1ccc(OCC(=O)N[C@H](c2ccccc2)c2cccs2)c(Br)c1. The number of ether oxygens (including phenoxy) is 1. The fourth-order valence-corrected chi connectivity index (χ4v) is 3.90. The molecule has 0 fully saturated rings. The first-order valence-electron chi connectivity index (χ1n) is 7.90. The zero-order valence-electron chi connectivity index (χ0n) is 13.7. The van der Waals surface area contributed by atoms with Crippen LogP contribution in [0.2, 0.25) is 0 Å². The van der Waals surface area contributed by atoms with Crippen molar-refractivity contribution >= 4 is 33.2 Å². The summed E-state index contributed by atoms with van der Waals surface area (Å²) in [6, 6.07) is 19.6. The Bertz CT molecular complexity index is 834. The average Bonchev–Trinajstić information content (AvgIpc) is 3.14. The van der Waals surface area contributed by atoms with Gasteiger partial charge in [-0.1, -0.05) is 42.5 Å². The Balaban J connectivity index is 1.68. The molecule has 0 aliphatic carbocycles. The summed E-state index contributed by atoms with van der Waals surface area (Å²) in [6.45, 7) is 1.98. The maximum absolute atomic E-state index is 12.4. The summed E-state index contributed by atoms with van der Waals surface area (Å²) in [6.07, 6.45) is 0. The van der Waals surface area contributed by atoms with E-state index >= 15 is 0 Å². The molecule has 5 heteroatoms. The molecule has 3 rings (SSSR count). The first-order chi connectivity index (χ1) is 12.1. The quantitative estimate of drug-likeness (QED) is 0.607. The Hall–Kier alpha value is -2.11. The third kappa shape index (κ3) is 4.71. The smallest absolute Gasteiger partial charge is 0.258 e. The van der Waals surface area contributed by atoms with Crippen molar-refractivity contribution in [3.63, 3.8) is 0 Å². The molecule has 0 bridgehead atoms. The van der Waals surface area contributed by atoms with Gasteiger partial charge in [0.1, 0.15) is 5.75 Å². The van der Waals surface area contributed by atoms with Gasteiger partial charge in [-0.2, -0.15) is 0 Å². The highest BCUT2D eigenvalue weighted by atomic mass is 79.9. The van der Waals surface area contributed by atoms with Crippen LogP contribution in [0.4, 0.5) is 0 Å². The number of carbonyl (C=O) groups excluding carboxylic acids is 1. The molecule has 0 aliphatic heterocycles. The molecule has 25 heavy (non-hydrogen) atoms. The number of aryl methyl sites for hydroxylation is 1. The predicted molar refractivity (Wildman–Crippen MR) is 105 cm³/mol. The van der Waals surface area contributed by atoms with Gasteiger partial charge < -0.3 is 10.1 Å². The number of halogens is 1. The topological polar surface area (TPSA) is 38.3 Å². The summed E-state index contributed by atoms with van der Waals surface area (Å²) >= 11 is 5.08. The van der Waals surface area contributed by atoms with Gasteiger partial charge in [0.25, 0.3) is 5.91 Å². The molecule has 0 saturated carbocycles. The predicted octanol–water partition coefficient (Wildman–Crippen LogP) is 5.10. The van der Waals surface area contributed by atoms with Crippen LogP contribution >= 0.6 is 27.3 Å². The maximum atomic E-state index is 12.4. The van der Waals surface area contributed by atoms with Gasteiger partial charge >= 0.3 is 0 Å². The van der Waals surface area contributed by atoms with Crippen LogP contribution in [0.25, 0.3) is 0 Å². The van der Waals surface area contributed by atoms with Crippen LogP contribution in [0.15, 0.2) is 70.5 Å². The Morgan fingerprint density at radius 1 is 1.16 bits per heavy atom. The molecular formula is C20H18BrNO2S. The first-order valence-corrected chi connectivity index (χ1v) is 9.57. The van der Waals surface area contributed by atoms with Gasteiger partial charge in [-0.15, -0.1) is 11.3 Å². The standard InChI is InChI=1S/C20H18BrNO2S/c1-14-9-10-17(16(21)12-14)24-13-19(23)22-20(18-8-5-11-25-18)15-6-3-2-4-7-15/h2-12,20H,13H2,1H3,(H,22,23)/t20-/m1/s1. The molecule has 1 amide bonds. The molecule has 0 radical (unpaired) electrons. The minimum atomic E-state index is -0.168. The summed E-state index contributed by atoms with van der Waals surface area (Å²) < 4.78 is 6.50. The first kappa shape index (κ1) is 17.7. The average molecular weight is 416 g/mol. The molecule has 3 nitrogen and oxygen atoms in total. The second-order valence-corrected chi connectivity index (χ2v) is 7.48. The number of hydrogen-bond donors (Lipinski definition) is 1. The lowest BCUT2D eigenvalue weighted by atomic mass is 10.1. The summed E-state index contributed by atoms with van der Waals surface area (Å²) in [7, 11) is 0. The Kier molecular flexibility index (Phi) is 5.89. The normalized spacial score (nSPS) is 11.8. The van der Waals surface area contributed by atoms with Crippen LogP contribution in [0, 0.1) is 6.92 Å². The molecule has 2 aromatic carbocycles. The van der Waals surface area contributed by atoms with Gasteiger partial charge in [0.15, 0.2) is 6.61 Å². The van der Waals surface area contributed by atoms with Crippen molar-refractivity contribution < 1.29 is 9.53 Å². The van der Waals surface area contributed by atoms with E-state index in [0.29, 0.717) is 5.75 Å². The van der Waals surface area contributed by atoms with Crippen LogP contribution in [0.5, 0.6) is 5.75 Å². The number of rotatable bonds is 6. The molecule has 3 aromatic rings. The number of carbonyl (C=O) groups is 1. The lowest BCUT2D eigenvalue weighted by Crippen LogP contribution is -2.32. The monoisotopic (exact) mass is 415 g/mol. The van der Waals surface area contributed by atoms with Crippen molar-refractivity contribution in [1.82, 2.24) is 5.32 Å². The number of nitrogens with one attached hydrogen (secondary N) is 1. The van der Waals surface area contributed by atoms with E-state index < -0.39 is 0 Å². The van der Waals surface area contributed by atoms with Gasteiger partial charge in [-0.3, -0.25) is 4.79 Å². The summed E-state index contributed by atoms with van der Waals surface area (Å²) in [5.41, 5.74) is 2.18. The lowest BCUT2D eigenvalue weighted by molar-refractivity contribution is -0.123. The van der Waals surface area contributed by atoms with Gasteiger partial charge in [-0.25, -0.2) is 0 Å². The minimum absolute atomic E-state index is 0.0314. The number of thiophene rings is 1. The molecule has 1 heterocycles. The molecular weight excluding hydrogens is 398 g/mol. The molecule has 0 aliphatic rings. The van der Waals surface area contributed by atoms with Crippen molar-refractivity contribution in [1.29, 1.82) is 0 Å². The molecule has 1 N–H and O–H groups in total. The fourth-order valence-electron chi connectivity index (χ4n) is 2.49.